The highest BCUT2D eigenvalue weighted by Crippen LogP contribution is 2.25. The van der Waals surface area contributed by atoms with Crippen molar-refractivity contribution in [3.8, 4) is 0 Å². The van der Waals surface area contributed by atoms with Gasteiger partial charge in [0.1, 0.15) is 6.04 Å². The van der Waals surface area contributed by atoms with E-state index in [1.165, 1.54) is 11.8 Å². The van der Waals surface area contributed by atoms with Gasteiger partial charge in [0.05, 0.1) is 0 Å². The molecule has 0 radical (unpaired) electrons. The average Bonchev–Trinajstić information content (AvgIpc) is 2.74. The number of nitrogens with two attached hydrogens (primary N) is 1. The second-order valence-electron chi connectivity index (χ2n) is 4.75. The van der Waals surface area contributed by atoms with Gasteiger partial charge < -0.3 is 16.0 Å². The molecular formula is C11H19N3O2S. The van der Waals surface area contributed by atoms with Crippen LogP contribution in [-0.2, 0) is 4.79 Å². The number of rotatable bonds is 2. The summed E-state index contributed by atoms with van der Waals surface area (Å²) in [5.74, 6) is 1.02. The zero-order chi connectivity index (χ0) is 12.4. The van der Waals surface area contributed by atoms with Crippen LogP contribution < -0.4 is 11.1 Å². The third-order valence-corrected chi connectivity index (χ3v) is 4.49. The number of amides is 2. The van der Waals surface area contributed by atoms with Crippen molar-refractivity contribution in [3.63, 3.8) is 0 Å². The Balaban J connectivity index is 2.04. The molecule has 3 unspecified atom stereocenters. The molecule has 2 aliphatic heterocycles. The lowest BCUT2D eigenvalue weighted by molar-refractivity contribution is -0.137. The topological polar surface area (TPSA) is 75.4 Å². The van der Waals surface area contributed by atoms with Gasteiger partial charge in [-0.1, -0.05) is 18.7 Å². The summed E-state index contributed by atoms with van der Waals surface area (Å²) < 4.78 is 0. The number of nitrogens with zero attached hydrogens (tertiary/aromatic N) is 1. The van der Waals surface area contributed by atoms with Gasteiger partial charge in [0.15, 0.2) is 0 Å². The number of hydrogen-bond donors (Lipinski definition) is 2. The predicted octanol–water partition coefficient (Wildman–Crippen LogP) is 0.397. The standard InChI is InChI=1S/C11H19N3O2S/c1-7-3-2-4-14(9(7)5-12)10(15)8-6-17-11(16)13-8/h7-9H,2-6,12H2,1H3,(H,13,16). The fourth-order valence-corrected chi connectivity index (χ4v) is 3.37. The molecule has 2 amide bonds. The molecule has 2 saturated heterocycles. The zero-order valence-electron chi connectivity index (χ0n) is 10.0. The van der Waals surface area contributed by atoms with E-state index in [4.69, 9.17) is 5.73 Å². The Kier molecular flexibility index (Phi) is 3.93. The highest BCUT2D eigenvalue weighted by Gasteiger charge is 2.37. The quantitative estimate of drug-likeness (QED) is 0.750. The van der Waals surface area contributed by atoms with E-state index >= 15 is 0 Å². The van der Waals surface area contributed by atoms with Crippen LogP contribution in [0.2, 0.25) is 0 Å². The van der Waals surface area contributed by atoms with Crippen LogP contribution in [0.3, 0.4) is 0 Å². The Morgan fingerprint density at radius 2 is 2.41 bits per heavy atom. The Hall–Kier alpha value is -0.750. The van der Waals surface area contributed by atoms with Crippen LogP contribution in [0.4, 0.5) is 4.79 Å². The van der Waals surface area contributed by atoms with Crippen LogP contribution >= 0.6 is 11.8 Å². The molecular weight excluding hydrogens is 238 g/mol. The molecule has 6 heteroatoms. The summed E-state index contributed by atoms with van der Waals surface area (Å²) in [6.07, 6.45) is 2.15. The van der Waals surface area contributed by atoms with Crippen molar-refractivity contribution in [2.24, 2.45) is 11.7 Å². The van der Waals surface area contributed by atoms with Gasteiger partial charge in [0.25, 0.3) is 5.24 Å². The SMILES string of the molecule is CC1CCCN(C(=O)C2CSC(=O)N2)C1CN. The minimum absolute atomic E-state index is 0.0327. The van der Waals surface area contributed by atoms with Crippen LogP contribution in [0, 0.1) is 5.92 Å². The zero-order valence-corrected chi connectivity index (χ0v) is 10.8. The lowest BCUT2D eigenvalue weighted by atomic mass is 9.90. The van der Waals surface area contributed by atoms with Crippen molar-refractivity contribution >= 4 is 22.9 Å². The second-order valence-corrected chi connectivity index (χ2v) is 5.74. The van der Waals surface area contributed by atoms with E-state index in [0.717, 1.165) is 19.4 Å². The summed E-state index contributed by atoms with van der Waals surface area (Å²) in [5.41, 5.74) is 5.76. The molecule has 0 spiro atoms. The lowest BCUT2D eigenvalue weighted by Gasteiger charge is -2.40. The molecule has 3 N–H and O–H groups in total. The highest BCUT2D eigenvalue weighted by atomic mass is 32.2. The molecule has 0 aromatic carbocycles. The lowest BCUT2D eigenvalue weighted by Crippen LogP contribution is -2.56. The van der Waals surface area contributed by atoms with E-state index in [0.29, 0.717) is 18.2 Å². The van der Waals surface area contributed by atoms with E-state index < -0.39 is 0 Å². The minimum Gasteiger partial charge on any atom is -0.336 e. The number of thioether (sulfide) groups is 1. The third kappa shape index (κ3) is 2.57. The maximum absolute atomic E-state index is 12.3. The fourth-order valence-electron chi connectivity index (χ4n) is 2.60. The van der Waals surface area contributed by atoms with E-state index in [9.17, 15) is 9.59 Å². The first-order valence-corrected chi connectivity index (χ1v) is 7.06. The van der Waals surface area contributed by atoms with Crippen LogP contribution in [0.25, 0.3) is 0 Å². The second kappa shape index (κ2) is 5.27. The summed E-state index contributed by atoms with van der Waals surface area (Å²) in [7, 11) is 0. The number of piperidine rings is 1. The summed E-state index contributed by atoms with van der Waals surface area (Å²) in [5, 5.41) is 2.60. The molecule has 2 aliphatic rings. The van der Waals surface area contributed by atoms with Crippen LogP contribution in [0.15, 0.2) is 0 Å². The maximum Gasteiger partial charge on any atom is 0.279 e. The molecule has 0 saturated carbocycles. The highest BCUT2D eigenvalue weighted by molar-refractivity contribution is 8.14. The van der Waals surface area contributed by atoms with Crippen molar-refractivity contribution < 1.29 is 9.59 Å². The third-order valence-electron chi connectivity index (χ3n) is 3.61. The van der Waals surface area contributed by atoms with Crippen molar-refractivity contribution in [1.29, 1.82) is 0 Å². The molecule has 2 heterocycles. The largest absolute Gasteiger partial charge is 0.336 e. The first kappa shape index (κ1) is 12.7. The van der Waals surface area contributed by atoms with Crippen LogP contribution in [0.1, 0.15) is 19.8 Å². The van der Waals surface area contributed by atoms with Crippen molar-refractivity contribution in [3.05, 3.63) is 0 Å². The molecule has 96 valence electrons. The molecule has 2 rings (SSSR count). The monoisotopic (exact) mass is 257 g/mol. The van der Waals surface area contributed by atoms with Crippen molar-refractivity contribution in [1.82, 2.24) is 10.2 Å². The average molecular weight is 257 g/mol. The molecule has 0 aromatic rings. The Labute approximate surface area is 105 Å². The van der Waals surface area contributed by atoms with Gasteiger partial charge in [0, 0.05) is 24.9 Å². The van der Waals surface area contributed by atoms with Gasteiger partial charge in [0.2, 0.25) is 5.91 Å². The normalized spacial score (nSPS) is 33.6. The molecule has 3 atom stereocenters. The van der Waals surface area contributed by atoms with E-state index in [1.54, 1.807) is 0 Å². The first-order valence-electron chi connectivity index (χ1n) is 6.07. The Morgan fingerprint density at radius 1 is 1.65 bits per heavy atom. The summed E-state index contributed by atoms with van der Waals surface area (Å²) >= 11 is 1.18. The van der Waals surface area contributed by atoms with Crippen molar-refractivity contribution in [2.75, 3.05) is 18.8 Å². The predicted molar refractivity (Wildman–Crippen MR) is 67.7 cm³/mol. The molecule has 17 heavy (non-hydrogen) atoms. The van der Waals surface area contributed by atoms with Crippen molar-refractivity contribution in [2.45, 2.75) is 31.8 Å². The van der Waals surface area contributed by atoms with Crippen LogP contribution in [-0.4, -0.2) is 47.0 Å². The van der Waals surface area contributed by atoms with E-state index in [-0.39, 0.29) is 23.2 Å². The molecule has 0 aromatic heterocycles. The Morgan fingerprint density at radius 3 is 3.00 bits per heavy atom. The molecule has 5 nitrogen and oxygen atoms in total. The fraction of sp³-hybridized carbons (Fsp3) is 0.818. The van der Waals surface area contributed by atoms with Gasteiger partial charge in [-0.25, -0.2) is 0 Å². The smallest absolute Gasteiger partial charge is 0.279 e. The van der Waals surface area contributed by atoms with Gasteiger partial charge in [-0.05, 0) is 18.8 Å². The van der Waals surface area contributed by atoms with Gasteiger partial charge in [-0.2, -0.15) is 0 Å². The molecule has 0 aliphatic carbocycles. The Bertz CT molecular complexity index is 324. The molecule has 0 bridgehead atoms. The number of carbonyl (C=O) groups excluding carboxylic acids is 2. The number of nitrogens with one attached hydrogen (secondary N) is 1. The van der Waals surface area contributed by atoms with Gasteiger partial charge in [-0.15, -0.1) is 0 Å². The minimum atomic E-state index is -0.355. The maximum atomic E-state index is 12.3. The van der Waals surface area contributed by atoms with E-state index in [2.05, 4.69) is 12.2 Å². The summed E-state index contributed by atoms with van der Waals surface area (Å²) in [6, 6.07) is -0.231. The number of carbonyl (C=O) groups is 2. The number of hydrogen-bond acceptors (Lipinski definition) is 4. The van der Waals surface area contributed by atoms with Gasteiger partial charge in [-0.3, -0.25) is 9.59 Å². The molecule has 2 fully saturated rings. The summed E-state index contributed by atoms with van der Waals surface area (Å²) in [4.78, 5) is 25.3. The van der Waals surface area contributed by atoms with Crippen LogP contribution in [0.5, 0.6) is 0 Å². The first-order chi connectivity index (χ1) is 8.13. The van der Waals surface area contributed by atoms with E-state index in [1.807, 2.05) is 4.90 Å². The number of likely N-dealkylation sites (tertiary alicyclic amines) is 1. The van der Waals surface area contributed by atoms with Gasteiger partial charge >= 0.3 is 0 Å². The summed E-state index contributed by atoms with van der Waals surface area (Å²) in [6.45, 7) is 3.40.